The fourth-order valence-corrected chi connectivity index (χ4v) is 13.2. The summed E-state index contributed by atoms with van der Waals surface area (Å²) in [5.74, 6) is -2.44. The predicted molar refractivity (Wildman–Crippen MR) is 227 cm³/mol. The number of amides is 3. The summed E-state index contributed by atoms with van der Waals surface area (Å²) >= 11 is 0. The van der Waals surface area contributed by atoms with Gasteiger partial charge in [-0.05, 0) is 66.6 Å². The highest BCUT2D eigenvalue weighted by Gasteiger charge is 2.49. The highest BCUT2D eigenvalue weighted by atomic mass is 28.4. The van der Waals surface area contributed by atoms with Crippen molar-refractivity contribution < 1.29 is 47.7 Å². The normalized spacial score (nSPS) is 17.5. The van der Waals surface area contributed by atoms with Gasteiger partial charge in [0, 0.05) is 18.0 Å². The van der Waals surface area contributed by atoms with Crippen molar-refractivity contribution >= 4 is 49.4 Å². The van der Waals surface area contributed by atoms with Gasteiger partial charge in [0.2, 0.25) is 5.91 Å². The maximum Gasteiger partial charge on any atom is 0.416 e. The maximum absolute atomic E-state index is 14.1. The zero-order chi connectivity index (χ0) is 43.9. The molecule has 2 aromatic rings. The number of hydrazine groups is 1. The van der Waals surface area contributed by atoms with Gasteiger partial charge in [0.15, 0.2) is 12.0 Å². The van der Waals surface area contributed by atoms with E-state index in [0.717, 1.165) is 10.5 Å². The summed E-state index contributed by atoms with van der Waals surface area (Å²) in [6.45, 7) is 23.0. The van der Waals surface area contributed by atoms with Crippen LogP contribution in [0.5, 0.6) is 11.5 Å². The first-order valence-corrected chi connectivity index (χ1v) is 22.2. The van der Waals surface area contributed by atoms with Crippen molar-refractivity contribution in [3.05, 3.63) is 72.0 Å². The van der Waals surface area contributed by atoms with Gasteiger partial charge in [-0.25, -0.2) is 19.9 Å². The predicted octanol–water partition coefficient (Wildman–Crippen LogP) is 6.59. The van der Waals surface area contributed by atoms with Gasteiger partial charge in [0.05, 0.1) is 24.4 Å². The third-order valence-electron chi connectivity index (χ3n) is 11.0. The first-order valence-electron chi connectivity index (χ1n) is 20.1. The summed E-state index contributed by atoms with van der Waals surface area (Å²) in [5, 5.41) is 14.5. The van der Waals surface area contributed by atoms with E-state index in [9.17, 15) is 29.1 Å². The molecule has 0 saturated carbocycles. The van der Waals surface area contributed by atoms with Crippen LogP contribution in [-0.2, 0) is 30.5 Å². The van der Waals surface area contributed by atoms with E-state index in [1.165, 1.54) is 18.1 Å². The summed E-state index contributed by atoms with van der Waals surface area (Å²) in [5.41, 5.74) is 8.88. The first-order chi connectivity index (χ1) is 27.8. The van der Waals surface area contributed by atoms with Crippen LogP contribution in [0.1, 0.15) is 91.6 Å². The van der Waals surface area contributed by atoms with Gasteiger partial charge < -0.3 is 39.4 Å². The van der Waals surface area contributed by atoms with Crippen LogP contribution < -0.4 is 30.2 Å². The van der Waals surface area contributed by atoms with E-state index in [2.05, 4.69) is 64.3 Å². The number of Topliss-reactive ketones (excluding diaryl/α,β-unsaturated/α-hetero) is 1. The molecular formula is C43H61N5O10Si. The van der Waals surface area contributed by atoms with Gasteiger partial charge in [-0.3, -0.25) is 14.4 Å². The molecular weight excluding hydrogens is 775 g/mol. The molecule has 4 unspecified atom stereocenters. The molecule has 0 saturated heterocycles. The number of methoxy groups -OCH3 is 1. The number of anilines is 2. The summed E-state index contributed by atoms with van der Waals surface area (Å²) < 4.78 is 23.5. The van der Waals surface area contributed by atoms with Crippen molar-refractivity contribution in [2.45, 2.75) is 123 Å². The Kier molecular flexibility index (Phi) is 15.5. The molecule has 2 aliphatic heterocycles. The average Bonchev–Trinajstić information content (AvgIpc) is 3.56. The van der Waals surface area contributed by atoms with Crippen LogP contribution in [0.25, 0.3) is 0 Å². The molecule has 15 nitrogen and oxygen atoms in total. The molecule has 2 heterocycles. The zero-order valence-corrected chi connectivity index (χ0v) is 37.1. The van der Waals surface area contributed by atoms with Gasteiger partial charge in [0.1, 0.15) is 31.0 Å². The van der Waals surface area contributed by atoms with Crippen LogP contribution in [0.2, 0.25) is 16.6 Å². The number of hydrogen-bond donors (Lipinski definition) is 4. The van der Waals surface area contributed by atoms with E-state index in [-0.39, 0.29) is 52.9 Å². The Morgan fingerprint density at radius 2 is 1.58 bits per heavy atom. The largest absolute Gasteiger partial charge is 0.540 e. The molecule has 322 valence electrons. The standard InChI is InChI=1S/C43H61N5O10Si/c1-13-18-56-42(53)38(49)37(24(2)3)44-39(50)29(11)45-46-31-16-14-30(15-17-31)23-57-43(54)48-33-21-36(58-59(25(4)5,26(6)7)27(8)9)35(55-12)20-32(33)40(51)47-22-28(10)19-34(47)41(48)52/h13-17,20-22,24-27,29,34,37,41,45-46,52H,1,18-19,23H2,2-12H3,(H,44,50). The van der Waals surface area contributed by atoms with Gasteiger partial charge >= 0.3 is 12.1 Å². The Morgan fingerprint density at radius 1 is 0.949 bits per heavy atom. The van der Waals surface area contributed by atoms with Crippen LogP contribution in [0.3, 0.4) is 0 Å². The number of carbonyl (C=O) groups is 5. The molecule has 2 aliphatic rings. The molecule has 3 amide bonds. The van der Waals surface area contributed by atoms with Gasteiger partial charge in [0.25, 0.3) is 20.0 Å². The quantitative estimate of drug-likeness (QED) is 0.0416. The molecule has 16 heteroatoms. The lowest BCUT2D eigenvalue weighted by Crippen LogP contribution is -2.53. The second-order valence-corrected chi connectivity index (χ2v) is 21.8. The smallest absolute Gasteiger partial charge is 0.416 e. The Bertz CT molecular complexity index is 1890. The molecule has 0 radical (unpaired) electrons. The number of benzene rings is 2. The highest BCUT2D eigenvalue weighted by molar-refractivity contribution is 6.78. The number of aliphatic hydroxyl groups is 1. The van der Waals surface area contributed by atoms with Crippen LogP contribution in [0, 0.1) is 5.92 Å². The van der Waals surface area contributed by atoms with E-state index in [4.69, 9.17) is 18.6 Å². The Hall–Kier alpha value is -5.19. The number of esters is 1. The number of carbonyl (C=O) groups excluding carboxylic acids is 5. The lowest BCUT2D eigenvalue weighted by atomic mass is 9.99. The van der Waals surface area contributed by atoms with E-state index in [1.807, 2.05) is 6.92 Å². The van der Waals surface area contributed by atoms with E-state index in [1.54, 1.807) is 63.4 Å². The second-order valence-electron chi connectivity index (χ2n) is 16.4. The summed E-state index contributed by atoms with van der Waals surface area (Å²) in [4.78, 5) is 68.5. The molecule has 0 spiro atoms. The van der Waals surface area contributed by atoms with Crippen molar-refractivity contribution in [3.8, 4) is 11.5 Å². The fraction of sp³-hybridized carbons (Fsp3) is 0.512. The number of ether oxygens (including phenoxy) is 3. The van der Waals surface area contributed by atoms with Crippen molar-refractivity contribution in [2.75, 3.05) is 24.0 Å². The van der Waals surface area contributed by atoms with Gasteiger partial charge in [-0.15, -0.1) is 0 Å². The number of nitrogens with zero attached hydrogens (tertiary/aromatic N) is 2. The number of aliphatic hydroxyl groups excluding tert-OH is 1. The third kappa shape index (κ3) is 10.2. The Morgan fingerprint density at radius 3 is 2.14 bits per heavy atom. The molecule has 59 heavy (non-hydrogen) atoms. The van der Waals surface area contributed by atoms with Crippen molar-refractivity contribution in [1.82, 2.24) is 15.6 Å². The SMILES string of the molecule is C=CCOC(=O)C(=O)C(NC(=O)C(C)NNc1ccc(COC(=O)N2c3cc(O[Si](C(C)C)(C(C)C)C(C)C)c(OC)cc3C(=O)N3C=C(C)CC3C2O)cc1)C(C)C. The maximum atomic E-state index is 14.1. The molecule has 4 atom stereocenters. The van der Waals surface area contributed by atoms with Crippen molar-refractivity contribution in [1.29, 1.82) is 0 Å². The zero-order valence-electron chi connectivity index (χ0n) is 36.1. The van der Waals surface area contributed by atoms with E-state index < -0.39 is 56.4 Å². The van der Waals surface area contributed by atoms with Crippen LogP contribution in [0.4, 0.5) is 16.2 Å². The first kappa shape index (κ1) is 46.5. The Balaban J connectivity index is 1.52. The van der Waals surface area contributed by atoms with Crippen molar-refractivity contribution in [3.63, 3.8) is 0 Å². The van der Waals surface area contributed by atoms with E-state index in [0.29, 0.717) is 29.2 Å². The minimum absolute atomic E-state index is 0.119. The highest BCUT2D eigenvalue weighted by Crippen LogP contribution is 2.47. The molecule has 4 N–H and O–H groups in total. The molecule has 0 aromatic heterocycles. The molecule has 0 fully saturated rings. The van der Waals surface area contributed by atoms with E-state index >= 15 is 0 Å². The second kappa shape index (κ2) is 19.7. The minimum atomic E-state index is -2.54. The summed E-state index contributed by atoms with van der Waals surface area (Å²) in [6.07, 6.45) is 1.11. The number of rotatable bonds is 18. The fourth-order valence-electron chi connectivity index (χ4n) is 7.94. The number of hydrogen-bond acceptors (Lipinski definition) is 12. The van der Waals surface area contributed by atoms with Crippen LogP contribution in [-0.4, -0.2) is 86.1 Å². The van der Waals surface area contributed by atoms with Crippen LogP contribution in [0.15, 0.2) is 60.8 Å². The summed E-state index contributed by atoms with van der Waals surface area (Å²) in [7, 11) is -1.02. The lowest BCUT2D eigenvalue weighted by molar-refractivity contribution is -0.154. The minimum Gasteiger partial charge on any atom is -0.540 e. The average molecular weight is 836 g/mol. The monoisotopic (exact) mass is 835 g/mol. The van der Waals surface area contributed by atoms with Gasteiger partial charge in [-0.2, -0.15) is 0 Å². The topological polar surface area (TPSA) is 185 Å². The Labute approximate surface area is 348 Å². The van der Waals surface area contributed by atoms with Gasteiger partial charge in [-0.1, -0.05) is 85.8 Å². The molecule has 2 aromatic carbocycles. The van der Waals surface area contributed by atoms with Crippen molar-refractivity contribution in [2.24, 2.45) is 5.92 Å². The third-order valence-corrected chi connectivity index (χ3v) is 17.0. The van der Waals surface area contributed by atoms with Crippen LogP contribution >= 0.6 is 0 Å². The lowest BCUT2D eigenvalue weighted by Gasteiger charge is -2.42. The number of fused-ring (bicyclic) bond motifs is 2. The molecule has 0 aliphatic carbocycles. The number of ketones is 1. The number of nitrogens with one attached hydrogen (secondary N) is 3. The molecule has 0 bridgehead atoms. The molecule has 4 rings (SSSR count). The summed E-state index contributed by atoms with van der Waals surface area (Å²) in [6, 6.07) is 7.43.